The molecule has 2 aliphatic heterocycles. The summed E-state index contributed by atoms with van der Waals surface area (Å²) in [5.74, 6) is -0.334. The van der Waals surface area contributed by atoms with E-state index in [2.05, 4.69) is 6.07 Å². The van der Waals surface area contributed by atoms with Crippen molar-refractivity contribution in [3.63, 3.8) is 0 Å². The maximum Gasteiger partial charge on any atom is 0.417 e. The highest BCUT2D eigenvalue weighted by atomic mass is 16.6. The summed E-state index contributed by atoms with van der Waals surface area (Å²) in [5, 5.41) is 8.77. The predicted octanol–water partition coefficient (Wildman–Crippen LogP) is 1.07. The van der Waals surface area contributed by atoms with Crippen molar-refractivity contribution in [1.29, 1.82) is 5.26 Å². The van der Waals surface area contributed by atoms with Crippen LogP contribution < -0.4 is 0 Å². The van der Waals surface area contributed by atoms with Gasteiger partial charge in [0.15, 0.2) is 6.61 Å². The van der Waals surface area contributed by atoms with Crippen LogP contribution in [0.15, 0.2) is 24.3 Å². The Balaban J connectivity index is 1.52. The maximum atomic E-state index is 12.3. The molecule has 0 spiro atoms. The Morgan fingerprint density at radius 1 is 1.29 bits per heavy atom. The average molecular weight is 327 g/mol. The van der Waals surface area contributed by atoms with Crippen molar-refractivity contribution in [2.75, 3.05) is 19.7 Å². The molecule has 24 heavy (non-hydrogen) atoms. The Bertz CT molecular complexity index is 692. The molecular weight excluding hydrogens is 310 g/mol. The lowest BCUT2D eigenvalue weighted by Gasteiger charge is -2.20. The molecule has 2 heterocycles. The second-order valence-electron chi connectivity index (χ2n) is 5.91. The van der Waals surface area contributed by atoms with Crippen molar-refractivity contribution in [1.82, 2.24) is 9.80 Å². The van der Waals surface area contributed by atoms with E-state index in [-0.39, 0.29) is 24.5 Å². The van der Waals surface area contributed by atoms with Crippen molar-refractivity contribution < 1.29 is 19.1 Å². The number of hydrogen-bond acceptors (Lipinski definition) is 5. The fourth-order valence-corrected chi connectivity index (χ4v) is 3.05. The molecule has 2 saturated heterocycles. The van der Waals surface area contributed by atoms with Crippen LogP contribution >= 0.6 is 0 Å². The van der Waals surface area contributed by atoms with E-state index in [9.17, 15) is 14.4 Å². The first kappa shape index (κ1) is 16.0. The van der Waals surface area contributed by atoms with Gasteiger partial charge < -0.3 is 9.64 Å². The number of nitrogens with zero attached hydrogens (tertiary/aromatic N) is 3. The molecule has 0 bridgehead atoms. The molecule has 0 N–H and O–H groups in total. The normalized spacial score (nSPS) is 20.2. The van der Waals surface area contributed by atoms with Crippen molar-refractivity contribution in [3.8, 4) is 6.07 Å². The van der Waals surface area contributed by atoms with E-state index >= 15 is 0 Å². The fourth-order valence-electron chi connectivity index (χ4n) is 3.05. The molecule has 3 rings (SSSR count). The molecule has 1 aromatic carbocycles. The number of likely N-dealkylation sites (tertiary alicyclic amines) is 1. The van der Waals surface area contributed by atoms with Gasteiger partial charge in [-0.25, -0.2) is 9.69 Å². The first-order valence-corrected chi connectivity index (χ1v) is 7.84. The number of benzene rings is 1. The molecular formula is C17H17N3O4. The number of amides is 3. The molecule has 0 aromatic heterocycles. The minimum Gasteiger partial charge on any atom is -0.439 e. The highest BCUT2D eigenvalue weighted by Gasteiger charge is 2.41. The van der Waals surface area contributed by atoms with Crippen LogP contribution in [0.4, 0.5) is 4.79 Å². The van der Waals surface area contributed by atoms with Crippen LogP contribution in [-0.2, 0) is 20.7 Å². The van der Waals surface area contributed by atoms with Crippen LogP contribution in [0.1, 0.15) is 24.0 Å². The van der Waals surface area contributed by atoms with Gasteiger partial charge in [0, 0.05) is 19.5 Å². The zero-order chi connectivity index (χ0) is 17.1. The van der Waals surface area contributed by atoms with Gasteiger partial charge in [0.05, 0.1) is 17.7 Å². The first-order chi connectivity index (χ1) is 11.6. The van der Waals surface area contributed by atoms with Gasteiger partial charge in [-0.15, -0.1) is 0 Å². The number of rotatable bonds is 4. The van der Waals surface area contributed by atoms with Crippen LogP contribution in [-0.4, -0.2) is 53.4 Å². The summed E-state index contributed by atoms with van der Waals surface area (Å²) < 4.78 is 4.72. The van der Waals surface area contributed by atoms with E-state index < -0.39 is 6.09 Å². The SMILES string of the molecule is N#Cc1ccc(CCC(=O)N2CCC(N3C(=O)COC3=O)C2)cc1. The standard InChI is InChI=1S/C17H17N3O4/c18-9-13-3-1-12(2-4-13)5-6-15(21)19-8-7-14(10-19)20-16(22)11-24-17(20)23/h1-4,14H,5-8,10-11H2. The predicted molar refractivity (Wildman–Crippen MR) is 82.7 cm³/mol. The maximum absolute atomic E-state index is 12.3. The topological polar surface area (TPSA) is 90.7 Å². The number of carbonyl (C=O) groups excluding carboxylic acids is 3. The van der Waals surface area contributed by atoms with E-state index in [1.165, 1.54) is 0 Å². The number of nitriles is 1. The molecule has 7 heteroatoms. The van der Waals surface area contributed by atoms with Gasteiger partial charge in [0.2, 0.25) is 5.91 Å². The Morgan fingerprint density at radius 2 is 2.04 bits per heavy atom. The number of hydrogen-bond donors (Lipinski definition) is 0. The van der Waals surface area contributed by atoms with E-state index in [1.807, 2.05) is 12.1 Å². The Morgan fingerprint density at radius 3 is 2.67 bits per heavy atom. The lowest BCUT2D eigenvalue weighted by molar-refractivity contribution is -0.131. The monoisotopic (exact) mass is 327 g/mol. The van der Waals surface area contributed by atoms with E-state index in [0.717, 1.165) is 10.5 Å². The fraction of sp³-hybridized carbons (Fsp3) is 0.412. The average Bonchev–Trinajstić information content (AvgIpc) is 3.20. The molecule has 0 saturated carbocycles. The molecule has 0 aliphatic carbocycles. The van der Waals surface area contributed by atoms with Gasteiger partial charge in [-0.1, -0.05) is 12.1 Å². The Kier molecular flexibility index (Phi) is 4.47. The van der Waals surface area contributed by atoms with Gasteiger partial charge in [-0.2, -0.15) is 5.26 Å². The number of cyclic esters (lactones) is 1. The van der Waals surface area contributed by atoms with Gasteiger partial charge in [0.1, 0.15) is 0 Å². The first-order valence-electron chi connectivity index (χ1n) is 7.84. The van der Waals surface area contributed by atoms with Crippen LogP contribution in [0.3, 0.4) is 0 Å². The molecule has 2 fully saturated rings. The molecule has 7 nitrogen and oxygen atoms in total. The summed E-state index contributed by atoms with van der Waals surface area (Å²) >= 11 is 0. The minimum atomic E-state index is -0.614. The quantitative estimate of drug-likeness (QED) is 0.825. The van der Waals surface area contributed by atoms with Crippen LogP contribution in [0.5, 0.6) is 0 Å². The molecule has 1 atom stereocenters. The number of imide groups is 1. The lowest BCUT2D eigenvalue weighted by atomic mass is 10.1. The van der Waals surface area contributed by atoms with Crippen LogP contribution in [0.25, 0.3) is 0 Å². The van der Waals surface area contributed by atoms with Gasteiger partial charge >= 0.3 is 6.09 Å². The molecule has 2 aliphatic rings. The van der Waals surface area contributed by atoms with Crippen molar-refractivity contribution in [3.05, 3.63) is 35.4 Å². The van der Waals surface area contributed by atoms with Gasteiger partial charge in [0.25, 0.3) is 5.91 Å². The summed E-state index contributed by atoms with van der Waals surface area (Å²) in [7, 11) is 0. The highest BCUT2D eigenvalue weighted by molar-refractivity contribution is 5.98. The molecule has 124 valence electrons. The number of carbonyl (C=O) groups is 3. The lowest BCUT2D eigenvalue weighted by Crippen LogP contribution is -2.42. The zero-order valence-electron chi connectivity index (χ0n) is 13.1. The zero-order valence-corrected chi connectivity index (χ0v) is 13.1. The number of aryl methyl sites for hydroxylation is 1. The third-order valence-electron chi connectivity index (χ3n) is 4.38. The van der Waals surface area contributed by atoms with E-state index in [4.69, 9.17) is 10.00 Å². The Hall–Kier alpha value is -2.88. The van der Waals surface area contributed by atoms with Crippen LogP contribution in [0, 0.1) is 11.3 Å². The molecule has 3 amide bonds. The molecule has 0 radical (unpaired) electrons. The van der Waals surface area contributed by atoms with Crippen molar-refractivity contribution in [2.45, 2.75) is 25.3 Å². The third-order valence-corrected chi connectivity index (χ3v) is 4.38. The summed E-state index contributed by atoms with van der Waals surface area (Å²) in [4.78, 5) is 38.4. The second kappa shape index (κ2) is 6.71. The summed E-state index contributed by atoms with van der Waals surface area (Å²) in [6.45, 7) is 0.697. The smallest absolute Gasteiger partial charge is 0.417 e. The summed E-state index contributed by atoms with van der Waals surface area (Å²) in [6.07, 6.45) is 0.925. The summed E-state index contributed by atoms with van der Waals surface area (Å²) in [5.41, 5.74) is 1.59. The van der Waals surface area contributed by atoms with Crippen molar-refractivity contribution in [2.24, 2.45) is 0 Å². The van der Waals surface area contributed by atoms with Crippen LogP contribution in [0.2, 0.25) is 0 Å². The third kappa shape index (κ3) is 3.23. The van der Waals surface area contributed by atoms with Gasteiger partial charge in [-0.3, -0.25) is 9.59 Å². The largest absolute Gasteiger partial charge is 0.439 e. The molecule has 1 aromatic rings. The van der Waals surface area contributed by atoms with E-state index in [1.54, 1.807) is 17.0 Å². The van der Waals surface area contributed by atoms with Gasteiger partial charge in [-0.05, 0) is 30.5 Å². The summed E-state index contributed by atoms with van der Waals surface area (Å²) in [6, 6.07) is 8.93. The minimum absolute atomic E-state index is 0.00173. The second-order valence-corrected chi connectivity index (χ2v) is 5.91. The van der Waals surface area contributed by atoms with Crippen molar-refractivity contribution >= 4 is 17.9 Å². The molecule has 1 unspecified atom stereocenters. The highest BCUT2D eigenvalue weighted by Crippen LogP contribution is 2.21. The van der Waals surface area contributed by atoms with E-state index in [0.29, 0.717) is 37.9 Å². The number of ether oxygens (including phenoxy) is 1. The Labute approximate surface area is 139 Å².